The van der Waals surface area contributed by atoms with Crippen molar-refractivity contribution in [3.63, 3.8) is 0 Å². The number of hydrogen-bond acceptors (Lipinski definition) is 10. The van der Waals surface area contributed by atoms with E-state index in [2.05, 4.69) is 25.1 Å². The number of hydrogen-bond donors (Lipinski definition) is 2. The number of nitrogens with zero attached hydrogens (tertiary/aromatic N) is 5. The Morgan fingerprint density at radius 1 is 1.10 bits per heavy atom. The number of halogens is 5. The van der Waals surface area contributed by atoms with Gasteiger partial charge in [-0.2, -0.15) is 23.1 Å². The van der Waals surface area contributed by atoms with Gasteiger partial charge in [0.2, 0.25) is 5.88 Å². The van der Waals surface area contributed by atoms with Gasteiger partial charge in [0.05, 0.1) is 36.6 Å². The van der Waals surface area contributed by atoms with Crippen molar-refractivity contribution in [1.29, 1.82) is 0 Å². The van der Waals surface area contributed by atoms with Gasteiger partial charge in [0.25, 0.3) is 0 Å². The molecule has 0 unspecified atom stereocenters. The van der Waals surface area contributed by atoms with Crippen LogP contribution in [0.25, 0.3) is 22.2 Å². The number of alkyl halides is 3. The molecular formula is C33H38F5N7O3. The fourth-order valence-corrected chi connectivity index (χ4v) is 8.16. The first kappa shape index (κ1) is 31.7. The second-order valence-electron chi connectivity index (χ2n) is 14.2. The number of nitrogen functional groups attached to an aromatic ring is 1. The van der Waals surface area contributed by atoms with Crippen LogP contribution in [0.2, 0.25) is 0 Å². The molecule has 258 valence electrons. The van der Waals surface area contributed by atoms with E-state index in [1.54, 1.807) is 0 Å². The van der Waals surface area contributed by atoms with Gasteiger partial charge in [-0.25, -0.2) is 13.8 Å². The predicted octanol–water partition coefficient (Wildman–Crippen LogP) is 4.85. The topological polar surface area (TPSA) is 111 Å². The molecule has 1 aromatic carbocycles. The average molecular weight is 676 g/mol. The highest BCUT2D eigenvalue weighted by Gasteiger charge is 2.49. The van der Waals surface area contributed by atoms with Crippen molar-refractivity contribution in [1.82, 2.24) is 25.2 Å². The van der Waals surface area contributed by atoms with Crippen LogP contribution in [-0.4, -0.2) is 89.6 Å². The Morgan fingerprint density at radius 3 is 2.62 bits per heavy atom. The van der Waals surface area contributed by atoms with E-state index >= 15 is 4.39 Å². The highest BCUT2D eigenvalue weighted by atomic mass is 19.4. The van der Waals surface area contributed by atoms with Gasteiger partial charge in [-0.1, -0.05) is 0 Å². The molecule has 4 aliphatic heterocycles. The van der Waals surface area contributed by atoms with Crippen LogP contribution in [0.15, 0.2) is 6.07 Å². The maximum absolute atomic E-state index is 16.8. The van der Waals surface area contributed by atoms with Crippen molar-refractivity contribution in [2.24, 2.45) is 5.41 Å². The van der Waals surface area contributed by atoms with Gasteiger partial charge < -0.3 is 30.2 Å². The van der Waals surface area contributed by atoms with Gasteiger partial charge in [0.1, 0.15) is 34.3 Å². The summed E-state index contributed by atoms with van der Waals surface area (Å²) < 4.78 is 93.2. The first-order chi connectivity index (χ1) is 22.8. The van der Waals surface area contributed by atoms with E-state index in [9.17, 15) is 17.6 Å². The maximum atomic E-state index is 16.8. The van der Waals surface area contributed by atoms with Crippen LogP contribution in [0.3, 0.4) is 0 Å². The molecule has 1 saturated carbocycles. The zero-order valence-electron chi connectivity index (χ0n) is 27.0. The Labute approximate surface area is 274 Å². The molecule has 15 heteroatoms. The SMILES string of the molecule is Cc1c(F)c(N)cc(-c2nc3c4c(nc(OCC5(CN6CCO[C@H](C)C6)CC5)nc4c2F)N2C[C@H]4CC[C@H](N4)[C@H]2[C@H](C)O3)c1C(F)(F)F. The number of morpholine rings is 1. The molecule has 0 amide bonds. The van der Waals surface area contributed by atoms with Gasteiger partial charge in [-0.05, 0) is 58.1 Å². The van der Waals surface area contributed by atoms with E-state index in [-0.39, 0.29) is 52.4 Å². The zero-order valence-corrected chi connectivity index (χ0v) is 27.0. The summed E-state index contributed by atoms with van der Waals surface area (Å²) >= 11 is 0. The third-order valence-electron chi connectivity index (χ3n) is 10.6. The van der Waals surface area contributed by atoms with Crippen LogP contribution >= 0.6 is 0 Å². The molecule has 8 rings (SSSR count). The van der Waals surface area contributed by atoms with Crippen molar-refractivity contribution < 1.29 is 36.2 Å². The number of nitrogens with one attached hydrogen (secondary N) is 1. The van der Waals surface area contributed by atoms with Gasteiger partial charge >= 0.3 is 12.2 Å². The largest absolute Gasteiger partial charge is 0.472 e. The second kappa shape index (κ2) is 11.2. The number of ether oxygens (including phenoxy) is 3. The lowest BCUT2D eigenvalue weighted by Crippen LogP contribution is -2.62. The van der Waals surface area contributed by atoms with Crippen molar-refractivity contribution in [3.8, 4) is 23.1 Å². The summed E-state index contributed by atoms with van der Waals surface area (Å²) in [6.45, 7) is 8.84. The molecule has 4 fully saturated rings. The number of benzene rings is 1. The Morgan fingerprint density at radius 2 is 1.90 bits per heavy atom. The molecule has 3 aromatic rings. The van der Waals surface area contributed by atoms with Crippen LogP contribution in [0.5, 0.6) is 11.9 Å². The summed E-state index contributed by atoms with van der Waals surface area (Å²) in [7, 11) is 0. The highest BCUT2D eigenvalue weighted by Crippen LogP contribution is 2.49. The Balaban J connectivity index is 1.26. The summed E-state index contributed by atoms with van der Waals surface area (Å²) in [6.07, 6.45) is -1.64. The molecule has 2 aromatic heterocycles. The Hall–Kier alpha value is -3.56. The van der Waals surface area contributed by atoms with Crippen molar-refractivity contribution in [3.05, 3.63) is 28.8 Å². The van der Waals surface area contributed by atoms with E-state index in [4.69, 9.17) is 24.9 Å². The quantitative estimate of drug-likeness (QED) is 0.278. The lowest BCUT2D eigenvalue weighted by Gasteiger charge is -2.42. The maximum Gasteiger partial charge on any atom is 0.417 e. The lowest BCUT2D eigenvalue weighted by atomic mass is 9.96. The summed E-state index contributed by atoms with van der Waals surface area (Å²) in [5.41, 5.74) is 1.31. The van der Waals surface area contributed by atoms with Crippen LogP contribution in [-0.2, 0) is 10.9 Å². The average Bonchev–Trinajstić information content (AvgIpc) is 3.72. The van der Waals surface area contributed by atoms with E-state index < -0.39 is 52.0 Å². The number of aromatic nitrogens is 3. The molecule has 5 aliphatic rings. The van der Waals surface area contributed by atoms with Gasteiger partial charge in [-0.3, -0.25) is 4.90 Å². The van der Waals surface area contributed by atoms with Crippen molar-refractivity contribution >= 4 is 22.4 Å². The number of anilines is 2. The first-order valence-electron chi connectivity index (χ1n) is 16.6. The first-order valence-corrected chi connectivity index (χ1v) is 16.6. The van der Waals surface area contributed by atoms with Crippen LogP contribution < -0.4 is 25.4 Å². The van der Waals surface area contributed by atoms with Gasteiger partial charge in [0.15, 0.2) is 5.82 Å². The number of fused-ring (bicyclic) bond motifs is 5. The summed E-state index contributed by atoms with van der Waals surface area (Å²) in [4.78, 5) is 18.1. The van der Waals surface area contributed by atoms with E-state index in [1.807, 2.05) is 13.8 Å². The number of rotatable bonds is 6. The minimum absolute atomic E-state index is 0.0498. The van der Waals surface area contributed by atoms with Gasteiger partial charge in [0, 0.05) is 49.2 Å². The summed E-state index contributed by atoms with van der Waals surface area (Å²) in [5.74, 6) is -2.09. The molecule has 3 saturated heterocycles. The zero-order chi connectivity index (χ0) is 33.7. The molecule has 1 aliphatic carbocycles. The Bertz CT molecular complexity index is 1790. The molecule has 2 bridgehead atoms. The molecule has 0 spiro atoms. The van der Waals surface area contributed by atoms with Crippen LogP contribution in [0.1, 0.15) is 50.7 Å². The minimum atomic E-state index is -5.03. The van der Waals surface area contributed by atoms with E-state index in [1.165, 1.54) is 0 Å². The molecule has 6 heterocycles. The fourth-order valence-electron chi connectivity index (χ4n) is 8.16. The Kier molecular flexibility index (Phi) is 7.42. The molecule has 48 heavy (non-hydrogen) atoms. The second-order valence-corrected chi connectivity index (χ2v) is 14.2. The van der Waals surface area contributed by atoms with Crippen molar-refractivity contribution in [2.45, 2.75) is 83.0 Å². The number of pyridine rings is 1. The van der Waals surface area contributed by atoms with E-state index in [0.717, 1.165) is 58.3 Å². The molecule has 5 atom stereocenters. The van der Waals surface area contributed by atoms with E-state index in [0.29, 0.717) is 25.6 Å². The standard InChI is InChI=1S/C33H38F5N7O3/c1-15-11-44(8-9-46-15)13-32(6-7-32)14-47-31-42-27-22-29(43-31)45-12-18-4-5-21(40-18)28(45)17(3)48-30(22)41-26(25(27)35)19-10-20(39)24(34)16(2)23(19)33(36,37)38/h10,15,17-18,21,28,40H,4-9,11-14,39H2,1-3H3/t15-,17+,18-,21+,28-/m1/s1. The molecule has 3 N–H and O–H groups in total. The predicted molar refractivity (Wildman–Crippen MR) is 167 cm³/mol. The van der Waals surface area contributed by atoms with Crippen molar-refractivity contribution in [2.75, 3.05) is 50.0 Å². The third kappa shape index (κ3) is 5.28. The smallest absolute Gasteiger partial charge is 0.417 e. The fraction of sp³-hybridized carbons (Fsp3) is 0.606. The normalized spacial score (nSPS) is 27.8. The monoisotopic (exact) mass is 675 g/mol. The number of nitrogens with two attached hydrogens (primary N) is 1. The van der Waals surface area contributed by atoms with Crippen LogP contribution in [0, 0.1) is 24.0 Å². The lowest BCUT2D eigenvalue weighted by molar-refractivity contribution is -0.137. The third-order valence-corrected chi connectivity index (χ3v) is 10.6. The highest BCUT2D eigenvalue weighted by molar-refractivity contribution is 5.97. The molecule has 10 nitrogen and oxygen atoms in total. The van der Waals surface area contributed by atoms with Gasteiger partial charge in [-0.15, -0.1) is 0 Å². The molecule has 0 radical (unpaired) electrons. The molecular weight excluding hydrogens is 637 g/mol. The summed E-state index contributed by atoms with van der Waals surface area (Å²) in [6, 6.07) is 0.698. The van der Waals surface area contributed by atoms with Crippen LogP contribution in [0.4, 0.5) is 33.5 Å². The minimum Gasteiger partial charge on any atom is -0.472 e. The number of piperazine rings is 1. The summed E-state index contributed by atoms with van der Waals surface area (Å²) in [5, 5.41) is 3.78.